The van der Waals surface area contributed by atoms with Crippen molar-refractivity contribution < 1.29 is 9.13 Å². The SMILES string of the molecule is CCOc1nc2nc(C)cc(Nc3ccc(C)c(F)c3)n2n1. The molecule has 0 unspecified atom stereocenters. The molecule has 0 amide bonds. The Morgan fingerprint density at radius 3 is 2.77 bits per heavy atom. The van der Waals surface area contributed by atoms with Crippen molar-refractivity contribution in [1.82, 2.24) is 19.6 Å². The van der Waals surface area contributed by atoms with E-state index in [9.17, 15) is 4.39 Å². The second kappa shape index (κ2) is 5.59. The normalized spacial score (nSPS) is 10.9. The Labute approximate surface area is 127 Å². The second-order valence-corrected chi connectivity index (χ2v) is 4.91. The van der Waals surface area contributed by atoms with Crippen LogP contribution >= 0.6 is 0 Å². The summed E-state index contributed by atoms with van der Waals surface area (Å²) in [6.45, 7) is 5.91. The highest BCUT2D eigenvalue weighted by atomic mass is 19.1. The van der Waals surface area contributed by atoms with Crippen LogP contribution in [0.15, 0.2) is 24.3 Å². The fraction of sp³-hybridized carbons (Fsp3) is 0.267. The number of aryl methyl sites for hydroxylation is 2. The van der Waals surface area contributed by atoms with Gasteiger partial charge < -0.3 is 10.1 Å². The first-order chi connectivity index (χ1) is 10.6. The Bertz CT molecular complexity index is 830. The van der Waals surface area contributed by atoms with Gasteiger partial charge in [0.25, 0.3) is 5.78 Å². The van der Waals surface area contributed by atoms with Crippen molar-refractivity contribution in [2.75, 3.05) is 11.9 Å². The zero-order valence-electron chi connectivity index (χ0n) is 12.6. The number of halogens is 1. The van der Waals surface area contributed by atoms with E-state index in [4.69, 9.17) is 4.74 Å². The van der Waals surface area contributed by atoms with Gasteiger partial charge in [-0.3, -0.25) is 0 Å². The van der Waals surface area contributed by atoms with Gasteiger partial charge >= 0.3 is 6.01 Å². The fourth-order valence-corrected chi connectivity index (χ4v) is 2.07. The predicted molar refractivity (Wildman–Crippen MR) is 81.1 cm³/mol. The largest absolute Gasteiger partial charge is 0.463 e. The lowest BCUT2D eigenvalue weighted by Crippen LogP contribution is -2.03. The summed E-state index contributed by atoms with van der Waals surface area (Å²) in [7, 11) is 0. The van der Waals surface area contributed by atoms with E-state index in [1.165, 1.54) is 10.6 Å². The van der Waals surface area contributed by atoms with Crippen molar-refractivity contribution in [1.29, 1.82) is 0 Å². The van der Waals surface area contributed by atoms with E-state index in [-0.39, 0.29) is 11.8 Å². The van der Waals surface area contributed by atoms with Gasteiger partial charge in [0.2, 0.25) is 0 Å². The van der Waals surface area contributed by atoms with E-state index in [0.717, 1.165) is 5.69 Å². The minimum Gasteiger partial charge on any atom is -0.463 e. The number of aromatic nitrogens is 4. The number of nitrogens with one attached hydrogen (secondary N) is 1. The van der Waals surface area contributed by atoms with E-state index in [2.05, 4.69) is 20.4 Å². The lowest BCUT2D eigenvalue weighted by atomic mass is 10.2. The Morgan fingerprint density at radius 1 is 1.23 bits per heavy atom. The van der Waals surface area contributed by atoms with Gasteiger partial charge in [0.15, 0.2) is 0 Å². The molecule has 0 saturated carbocycles. The molecule has 0 radical (unpaired) electrons. The molecular weight excluding hydrogens is 285 g/mol. The average Bonchev–Trinajstić information content (AvgIpc) is 2.86. The second-order valence-electron chi connectivity index (χ2n) is 4.91. The molecule has 2 heterocycles. The summed E-state index contributed by atoms with van der Waals surface area (Å²) in [5, 5.41) is 7.38. The van der Waals surface area contributed by atoms with Gasteiger partial charge in [0.1, 0.15) is 11.6 Å². The van der Waals surface area contributed by atoms with Gasteiger partial charge in [-0.15, -0.1) is 5.10 Å². The maximum absolute atomic E-state index is 13.7. The molecule has 1 aromatic carbocycles. The third kappa shape index (κ3) is 2.69. The van der Waals surface area contributed by atoms with Crippen molar-refractivity contribution in [3.05, 3.63) is 41.3 Å². The molecule has 0 bridgehead atoms. The van der Waals surface area contributed by atoms with Crippen LogP contribution < -0.4 is 10.1 Å². The smallest absolute Gasteiger partial charge is 0.337 e. The van der Waals surface area contributed by atoms with Crippen LogP contribution in [0, 0.1) is 19.7 Å². The summed E-state index contributed by atoms with van der Waals surface area (Å²) >= 11 is 0. The molecule has 3 rings (SSSR count). The molecule has 6 nitrogen and oxygen atoms in total. The summed E-state index contributed by atoms with van der Waals surface area (Å²) in [5.74, 6) is 0.809. The first-order valence-electron chi connectivity index (χ1n) is 6.97. The van der Waals surface area contributed by atoms with Crippen LogP contribution in [0.3, 0.4) is 0 Å². The number of nitrogens with zero attached hydrogens (tertiary/aromatic N) is 4. The summed E-state index contributed by atoms with van der Waals surface area (Å²) in [6.07, 6.45) is 0. The Hall–Kier alpha value is -2.70. The first-order valence-corrected chi connectivity index (χ1v) is 6.97. The van der Waals surface area contributed by atoms with Crippen LogP contribution in [-0.2, 0) is 0 Å². The standard InChI is InChI=1S/C15H16FN5O/c1-4-22-15-19-14-17-10(3)7-13(21(14)20-15)18-11-6-5-9(2)12(16)8-11/h5-8,18H,4H2,1-3H3. The van der Waals surface area contributed by atoms with Crippen molar-refractivity contribution in [2.45, 2.75) is 20.8 Å². The highest BCUT2D eigenvalue weighted by molar-refractivity contribution is 5.59. The molecule has 3 aromatic rings. The molecule has 114 valence electrons. The van der Waals surface area contributed by atoms with E-state index in [0.29, 0.717) is 29.5 Å². The number of hydrogen-bond donors (Lipinski definition) is 1. The van der Waals surface area contributed by atoms with Crippen molar-refractivity contribution in [2.24, 2.45) is 0 Å². The Kier molecular flexibility index (Phi) is 3.62. The van der Waals surface area contributed by atoms with E-state index < -0.39 is 0 Å². The average molecular weight is 301 g/mol. The monoisotopic (exact) mass is 301 g/mol. The molecule has 0 aliphatic carbocycles. The van der Waals surface area contributed by atoms with Crippen molar-refractivity contribution in [3.63, 3.8) is 0 Å². The molecule has 0 fully saturated rings. The molecule has 1 N–H and O–H groups in total. The van der Waals surface area contributed by atoms with Gasteiger partial charge in [-0.25, -0.2) is 9.37 Å². The van der Waals surface area contributed by atoms with Gasteiger partial charge in [-0.05, 0) is 38.5 Å². The van der Waals surface area contributed by atoms with Gasteiger partial charge in [0, 0.05) is 17.4 Å². The van der Waals surface area contributed by atoms with Crippen LogP contribution in [0.1, 0.15) is 18.2 Å². The highest BCUT2D eigenvalue weighted by Gasteiger charge is 2.11. The zero-order valence-corrected chi connectivity index (χ0v) is 12.6. The molecule has 0 aliphatic heterocycles. The van der Waals surface area contributed by atoms with E-state index in [1.807, 2.05) is 19.9 Å². The maximum Gasteiger partial charge on any atom is 0.337 e. The molecular formula is C15H16FN5O. The molecule has 0 aliphatic rings. The Morgan fingerprint density at radius 2 is 2.05 bits per heavy atom. The van der Waals surface area contributed by atoms with Gasteiger partial charge in [-0.1, -0.05) is 6.07 Å². The lowest BCUT2D eigenvalue weighted by Gasteiger charge is -2.09. The lowest BCUT2D eigenvalue weighted by molar-refractivity contribution is 0.313. The van der Waals surface area contributed by atoms with Crippen LogP contribution in [-0.4, -0.2) is 26.2 Å². The predicted octanol–water partition coefficient (Wildman–Crippen LogP) is 3.02. The third-order valence-corrected chi connectivity index (χ3v) is 3.14. The Balaban J connectivity index is 2.03. The van der Waals surface area contributed by atoms with E-state index >= 15 is 0 Å². The number of ether oxygens (including phenoxy) is 1. The summed E-state index contributed by atoms with van der Waals surface area (Å²) in [6, 6.07) is 7.04. The third-order valence-electron chi connectivity index (χ3n) is 3.14. The van der Waals surface area contributed by atoms with Crippen LogP contribution in [0.4, 0.5) is 15.9 Å². The number of rotatable bonds is 4. The van der Waals surface area contributed by atoms with Crippen molar-refractivity contribution >= 4 is 17.3 Å². The highest BCUT2D eigenvalue weighted by Crippen LogP contribution is 2.21. The zero-order chi connectivity index (χ0) is 15.7. The number of fused-ring (bicyclic) bond motifs is 1. The van der Waals surface area contributed by atoms with Crippen LogP contribution in [0.5, 0.6) is 6.01 Å². The number of benzene rings is 1. The molecule has 22 heavy (non-hydrogen) atoms. The molecule has 0 saturated heterocycles. The van der Waals surface area contributed by atoms with Crippen LogP contribution in [0.25, 0.3) is 5.78 Å². The molecule has 0 spiro atoms. The minimum absolute atomic E-state index is 0.263. The number of anilines is 2. The van der Waals surface area contributed by atoms with Crippen molar-refractivity contribution in [3.8, 4) is 6.01 Å². The summed E-state index contributed by atoms with van der Waals surface area (Å²) < 4.78 is 20.5. The van der Waals surface area contributed by atoms with Gasteiger partial charge in [0.05, 0.1) is 6.61 Å². The van der Waals surface area contributed by atoms with E-state index in [1.54, 1.807) is 19.1 Å². The summed E-state index contributed by atoms with van der Waals surface area (Å²) in [5.41, 5.74) is 2.00. The van der Waals surface area contributed by atoms with Crippen LogP contribution in [0.2, 0.25) is 0 Å². The number of hydrogen-bond acceptors (Lipinski definition) is 5. The fourth-order valence-electron chi connectivity index (χ4n) is 2.07. The quantitative estimate of drug-likeness (QED) is 0.802. The minimum atomic E-state index is -0.263. The molecule has 2 aromatic heterocycles. The topological polar surface area (TPSA) is 64.3 Å². The maximum atomic E-state index is 13.7. The molecule has 7 heteroatoms. The molecule has 0 atom stereocenters. The summed E-state index contributed by atoms with van der Waals surface area (Å²) in [4.78, 5) is 8.51. The van der Waals surface area contributed by atoms with Gasteiger partial charge in [-0.2, -0.15) is 9.50 Å². The first kappa shape index (κ1) is 14.2.